The van der Waals surface area contributed by atoms with Gasteiger partial charge in [0.05, 0.1) is 17.8 Å². The number of anilines is 1. The summed E-state index contributed by atoms with van der Waals surface area (Å²) in [5, 5.41) is 7.87. The second kappa shape index (κ2) is 8.17. The second-order valence-electron chi connectivity index (χ2n) is 4.32. The molecule has 0 saturated carbocycles. The van der Waals surface area contributed by atoms with E-state index in [0.29, 0.717) is 15.6 Å². The molecular weight excluding hydrogens is 389 g/mol. The van der Waals surface area contributed by atoms with Gasteiger partial charge >= 0.3 is 0 Å². The molecule has 2 rings (SSSR count). The van der Waals surface area contributed by atoms with Gasteiger partial charge in [0.2, 0.25) is 0 Å². The summed E-state index contributed by atoms with van der Waals surface area (Å²) < 4.78 is 0.938. The molecule has 2 N–H and O–H groups in total. The Bertz CT molecular complexity index is 707. The van der Waals surface area contributed by atoms with Crippen molar-refractivity contribution in [2.75, 3.05) is 11.9 Å². The standard InChI is InChI=1S/C15H12BrCl2N3O/c16-11-2-1-3-13(6-11)19-9-15(22)21-20-8-10-4-5-12(17)7-14(10)18/h1-8,19H,9H2,(H,21,22)/b20-8+. The van der Waals surface area contributed by atoms with Crippen LogP contribution in [0.1, 0.15) is 5.56 Å². The van der Waals surface area contributed by atoms with Crippen LogP contribution in [0.25, 0.3) is 0 Å². The number of carbonyl (C=O) groups excluding carboxylic acids is 1. The van der Waals surface area contributed by atoms with Gasteiger partial charge < -0.3 is 5.32 Å². The summed E-state index contributed by atoms with van der Waals surface area (Å²) in [4.78, 5) is 11.7. The van der Waals surface area contributed by atoms with E-state index in [1.807, 2.05) is 24.3 Å². The fourth-order valence-corrected chi connectivity index (χ4v) is 2.46. The van der Waals surface area contributed by atoms with Crippen LogP contribution >= 0.6 is 39.1 Å². The average Bonchev–Trinajstić information content (AvgIpc) is 2.47. The average molecular weight is 401 g/mol. The maximum Gasteiger partial charge on any atom is 0.259 e. The Morgan fingerprint density at radius 2 is 2.05 bits per heavy atom. The maximum absolute atomic E-state index is 11.7. The van der Waals surface area contributed by atoms with Gasteiger partial charge in [-0.3, -0.25) is 4.79 Å². The fourth-order valence-electron chi connectivity index (χ4n) is 1.60. The van der Waals surface area contributed by atoms with Crippen molar-refractivity contribution in [3.63, 3.8) is 0 Å². The van der Waals surface area contributed by atoms with Crippen molar-refractivity contribution in [3.8, 4) is 0 Å². The van der Waals surface area contributed by atoms with Crippen LogP contribution < -0.4 is 10.7 Å². The molecule has 0 aliphatic heterocycles. The largest absolute Gasteiger partial charge is 0.376 e. The summed E-state index contributed by atoms with van der Waals surface area (Å²) in [6.45, 7) is 0.113. The van der Waals surface area contributed by atoms with Crippen molar-refractivity contribution < 1.29 is 4.79 Å². The molecule has 0 aliphatic carbocycles. The van der Waals surface area contributed by atoms with E-state index in [9.17, 15) is 4.79 Å². The van der Waals surface area contributed by atoms with E-state index in [1.165, 1.54) is 6.21 Å². The molecule has 0 heterocycles. The predicted octanol–water partition coefficient (Wildman–Crippen LogP) is 4.32. The van der Waals surface area contributed by atoms with Crippen molar-refractivity contribution in [1.82, 2.24) is 5.43 Å². The van der Waals surface area contributed by atoms with Crippen molar-refractivity contribution in [1.29, 1.82) is 0 Å². The maximum atomic E-state index is 11.7. The SMILES string of the molecule is O=C(CNc1cccc(Br)c1)N/N=C/c1ccc(Cl)cc1Cl. The van der Waals surface area contributed by atoms with E-state index in [0.717, 1.165) is 10.2 Å². The highest BCUT2D eigenvalue weighted by atomic mass is 79.9. The number of rotatable bonds is 5. The molecule has 114 valence electrons. The number of nitrogens with zero attached hydrogens (tertiary/aromatic N) is 1. The van der Waals surface area contributed by atoms with Gasteiger partial charge in [-0.1, -0.05) is 51.3 Å². The molecule has 0 atom stereocenters. The number of hydrogen-bond donors (Lipinski definition) is 2. The summed E-state index contributed by atoms with van der Waals surface area (Å²) in [6, 6.07) is 12.6. The van der Waals surface area contributed by atoms with Gasteiger partial charge in [0.15, 0.2) is 0 Å². The van der Waals surface area contributed by atoms with Crippen LogP contribution in [0.15, 0.2) is 52.0 Å². The van der Waals surface area contributed by atoms with Gasteiger partial charge in [0, 0.05) is 20.7 Å². The van der Waals surface area contributed by atoms with E-state index in [4.69, 9.17) is 23.2 Å². The van der Waals surface area contributed by atoms with Crippen LogP contribution in [0.5, 0.6) is 0 Å². The van der Waals surface area contributed by atoms with Gasteiger partial charge in [-0.2, -0.15) is 5.10 Å². The highest BCUT2D eigenvalue weighted by molar-refractivity contribution is 9.10. The Labute approximate surface area is 146 Å². The fraction of sp³-hybridized carbons (Fsp3) is 0.0667. The Balaban J connectivity index is 1.83. The Kier molecular flexibility index (Phi) is 6.24. The van der Waals surface area contributed by atoms with E-state index in [1.54, 1.807) is 18.2 Å². The smallest absolute Gasteiger partial charge is 0.259 e. The van der Waals surface area contributed by atoms with Crippen LogP contribution in [0.4, 0.5) is 5.69 Å². The minimum Gasteiger partial charge on any atom is -0.376 e. The molecule has 7 heteroatoms. The lowest BCUT2D eigenvalue weighted by molar-refractivity contribution is -0.119. The van der Waals surface area contributed by atoms with Gasteiger partial charge in [-0.25, -0.2) is 5.43 Å². The lowest BCUT2D eigenvalue weighted by Gasteiger charge is -2.05. The van der Waals surface area contributed by atoms with Crippen molar-refractivity contribution >= 4 is 56.9 Å². The molecular formula is C15H12BrCl2N3O. The number of nitrogens with one attached hydrogen (secondary N) is 2. The lowest BCUT2D eigenvalue weighted by atomic mass is 10.2. The van der Waals surface area contributed by atoms with E-state index < -0.39 is 0 Å². The van der Waals surface area contributed by atoms with E-state index >= 15 is 0 Å². The third kappa shape index (κ3) is 5.33. The Morgan fingerprint density at radius 3 is 2.77 bits per heavy atom. The Morgan fingerprint density at radius 1 is 1.23 bits per heavy atom. The molecule has 0 saturated heterocycles. The molecule has 0 unspecified atom stereocenters. The summed E-state index contributed by atoms with van der Waals surface area (Å²) in [7, 11) is 0. The summed E-state index contributed by atoms with van der Waals surface area (Å²) in [5.41, 5.74) is 3.94. The van der Waals surface area contributed by atoms with Crippen molar-refractivity contribution in [2.45, 2.75) is 0 Å². The molecule has 2 aromatic rings. The van der Waals surface area contributed by atoms with Crippen LogP contribution in [-0.2, 0) is 4.79 Å². The predicted molar refractivity (Wildman–Crippen MR) is 94.8 cm³/mol. The number of amides is 1. The summed E-state index contributed by atoms with van der Waals surface area (Å²) >= 11 is 15.2. The number of benzene rings is 2. The first kappa shape index (κ1) is 16.8. The first-order valence-corrected chi connectivity index (χ1v) is 7.86. The number of hydrazone groups is 1. The lowest BCUT2D eigenvalue weighted by Crippen LogP contribution is -2.25. The minimum atomic E-state index is -0.263. The molecule has 0 bridgehead atoms. The first-order valence-electron chi connectivity index (χ1n) is 6.31. The number of hydrogen-bond acceptors (Lipinski definition) is 3. The molecule has 0 aliphatic rings. The monoisotopic (exact) mass is 399 g/mol. The van der Waals surface area contributed by atoms with Crippen LogP contribution in [-0.4, -0.2) is 18.7 Å². The normalized spacial score (nSPS) is 10.7. The molecule has 4 nitrogen and oxygen atoms in total. The molecule has 0 radical (unpaired) electrons. The summed E-state index contributed by atoms with van der Waals surface area (Å²) in [6.07, 6.45) is 1.47. The zero-order valence-electron chi connectivity index (χ0n) is 11.3. The second-order valence-corrected chi connectivity index (χ2v) is 6.08. The molecule has 1 amide bonds. The third-order valence-corrected chi connectivity index (χ3v) is 3.69. The van der Waals surface area contributed by atoms with Crippen LogP contribution in [0, 0.1) is 0 Å². The quantitative estimate of drug-likeness (QED) is 0.580. The Hall–Kier alpha value is -1.56. The van der Waals surface area contributed by atoms with Crippen molar-refractivity contribution in [3.05, 3.63) is 62.5 Å². The van der Waals surface area contributed by atoms with Gasteiger partial charge in [0.1, 0.15) is 0 Å². The number of halogens is 3. The van der Waals surface area contributed by atoms with Gasteiger partial charge in [-0.05, 0) is 30.3 Å². The summed E-state index contributed by atoms with van der Waals surface area (Å²) in [5.74, 6) is -0.263. The highest BCUT2D eigenvalue weighted by Gasteiger charge is 2.01. The molecule has 22 heavy (non-hydrogen) atoms. The van der Waals surface area contributed by atoms with E-state index in [-0.39, 0.29) is 12.5 Å². The van der Waals surface area contributed by atoms with Crippen LogP contribution in [0.3, 0.4) is 0 Å². The zero-order valence-corrected chi connectivity index (χ0v) is 14.4. The molecule has 0 spiro atoms. The highest BCUT2D eigenvalue weighted by Crippen LogP contribution is 2.19. The topological polar surface area (TPSA) is 53.5 Å². The zero-order chi connectivity index (χ0) is 15.9. The van der Waals surface area contributed by atoms with Crippen molar-refractivity contribution in [2.24, 2.45) is 5.10 Å². The molecule has 0 fully saturated rings. The van der Waals surface area contributed by atoms with Crippen LogP contribution in [0.2, 0.25) is 10.0 Å². The first-order chi connectivity index (χ1) is 10.5. The minimum absolute atomic E-state index is 0.113. The third-order valence-electron chi connectivity index (χ3n) is 2.63. The number of carbonyl (C=O) groups is 1. The van der Waals surface area contributed by atoms with E-state index in [2.05, 4.69) is 31.8 Å². The van der Waals surface area contributed by atoms with Gasteiger partial charge in [-0.15, -0.1) is 0 Å². The van der Waals surface area contributed by atoms with Gasteiger partial charge in [0.25, 0.3) is 5.91 Å². The molecule has 0 aromatic heterocycles. The molecule has 2 aromatic carbocycles.